The van der Waals surface area contributed by atoms with Gasteiger partial charge < -0.3 is 11.1 Å². The molecule has 0 unspecified atom stereocenters. The number of alkyl halides is 3. The molecule has 2 aromatic rings. The van der Waals surface area contributed by atoms with Crippen molar-refractivity contribution in [3.63, 3.8) is 0 Å². The molecular formula is C15H19F3N8O2S. The Morgan fingerprint density at radius 1 is 1.24 bits per heavy atom. The molecule has 1 aliphatic rings. The number of rotatable bonds is 4. The van der Waals surface area contributed by atoms with E-state index >= 15 is 0 Å². The van der Waals surface area contributed by atoms with E-state index in [1.54, 1.807) is 0 Å². The van der Waals surface area contributed by atoms with Crippen LogP contribution < -0.4 is 16.2 Å². The van der Waals surface area contributed by atoms with Crippen LogP contribution in [0.2, 0.25) is 0 Å². The van der Waals surface area contributed by atoms with Crippen LogP contribution in [0.4, 0.5) is 13.2 Å². The van der Waals surface area contributed by atoms with Gasteiger partial charge in [0, 0.05) is 11.6 Å². The van der Waals surface area contributed by atoms with Crippen molar-refractivity contribution >= 4 is 16.0 Å². The monoisotopic (exact) mass is 432 g/mol. The predicted molar refractivity (Wildman–Crippen MR) is 96.0 cm³/mol. The van der Waals surface area contributed by atoms with Crippen LogP contribution in [-0.2, 0) is 16.2 Å². The van der Waals surface area contributed by atoms with Crippen molar-refractivity contribution < 1.29 is 21.6 Å². The van der Waals surface area contributed by atoms with Crippen LogP contribution in [0.1, 0.15) is 42.7 Å². The van der Waals surface area contributed by atoms with Gasteiger partial charge in [0.2, 0.25) is 10.0 Å². The second kappa shape index (κ2) is 7.59. The van der Waals surface area contributed by atoms with E-state index < -0.39 is 26.7 Å². The summed E-state index contributed by atoms with van der Waals surface area (Å²) in [6, 6.07) is 1.94. The van der Waals surface area contributed by atoms with Gasteiger partial charge in [-0.25, -0.2) is 18.7 Å². The first kappa shape index (κ1) is 21.0. The predicted octanol–water partition coefficient (Wildman–Crippen LogP) is 1.04. The van der Waals surface area contributed by atoms with E-state index in [1.807, 2.05) is 0 Å². The number of nitrogens with one attached hydrogen (secondary N) is 3. The minimum absolute atomic E-state index is 0.0358. The molecule has 7 N–H and O–H groups in total. The number of hydrogen-bond donors (Lipinski definition) is 5. The van der Waals surface area contributed by atoms with Crippen molar-refractivity contribution in [2.75, 3.05) is 0 Å². The van der Waals surface area contributed by atoms with Crippen LogP contribution >= 0.6 is 0 Å². The van der Waals surface area contributed by atoms with Gasteiger partial charge in [0.1, 0.15) is 4.90 Å². The summed E-state index contributed by atoms with van der Waals surface area (Å²) in [7, 11) is -4.75. The van der Waals surface area contributed by atoms with Crippen LogP contribution in [0.3, 0.4) is 0 Å². The van der Waals surface area contributed by atoms with Gasteiger partial charge in [-0.2, -0.15) is 13.2 Å². The molecule has 0 saturated heterocycles. The lowest BCUT2D eigenvalue weighted by molar-refractivity contribution is -0.139. The van der Waals surface area contributed by atoms with E-state index in [9.17, 15) is 21.6 Å². The first-order valence-electron chi connectivity index (χ1n) is 8.60. The Labute approximate surface area is 163 Å². The molecule has 1 aromatic heterocycles. The maximum atomic E-state index is 13.5. The number of sulfonamides is 1. The van der Waals surface area contributed by atoms with Crippen LogP contribution in [0.5, 0.6) is 0 Å². The van der Waals surface area contributed by atoms with E-state index in [0.29, 0.717) is 31.2 Å². The van der Waals surface area contributed by atoms with E-state index in [-0.39, 0.29) is 29.3 Å². The fourth-order valence-electron chi connectivity index (χ4n) is 3.73. The van der Waals surface area contributed by atoms with E-state index in [4.69, 9.17) is 16.3 Å². The number of tetrazole rings is 1. The minimum atomic E-state index is -4.94. The third-order valence-electron chi connectivity index (χ3n) is 4.89. The molecule has 1 heterocycles. The third kappa shape index (κ3) is 4.48. The van der Waals surface area contributed by atoms with Gasteiger partial charge in [0.15, 0.2) is 11.8 Å². The summed E-state index contributed by atoms with van der Waals surface area (Å²) >= 11 is 0. The van der Waals surface area contributed by atoms with Crippen molar-refractivity contribution in [3.05, 3.63) is 23.3 Å². The van der Waals surface area contributed by atoms with Crippen LogP contribution in [0.15, 0.2) is 17.0 Å². The lowest BCUT2D eigenvalue weighted by Gasteiger charge is -2.31. The second-order valence-electron chi connectivity index (χ2n) is 6.81. The van der Waals surface area contributed by atoms with Crippen LogP contribution in [-0.4, -0.2) is 41.0 Å². The average molecular weight is 432 g/mol. The zero-order valence-corrected chi connectivity index (χ0v) is 15.8. The van der Waals surface area contributed by atoms with Crippen molar-refractivity contribution in [2.24, 2.45) is 10.9 Å². The van der Waals surface area contributed by atoms with Crippen molar-refractivity contribution in [1.82, 2.24) is 25.9 Å². The molecule has 0 aliphatic heterocycles. The number of nitrogens with two attached hydrogens (primary N) is 2. The molecule has 158 valence electrons. The molecule has 0 amide bonds. The Hall–Kier alpha value is -2.74. The fourth-order valence-corrected chi connectivity index (χ4v) is 4.72. The van der Waals surface area contributed by atoms with Gasteiger partial charge in [-0.1, -0.05) is 6.07 Å². The van der Waals surface area contributed by atoms with Crippen molar-refractivity contribution in [3.8, 4) is 11.4 Å². The minimum Gasteiger partial charge on any atom is -0.370 e. The molecule has 1 fully saturated rings. The Kier molecular flexibility index (Phi) is 5.49. The first-order valence-corrected chi connectivity index (χ1v) is 10.1. The summed E-state index contributed by atoms with van der Waals surface area (Å²) in [6.07, 6.45) is -2.66. The smallest absolute Gasteiger partial charge is 0.370 e. The Morgan fingerprint density at radius 3 is 2.38 bits per heavy atom. The summed E-state index contributed by atoms with van der Waals surface area (Å²) in [4.78, 5) is -1.05. The number of hydrogen-bond acceptors (Lipinski definition) is 6. The lowest BCUT2D eigenvalue weighted by atomic mass is 9.79. The first-order chi connectivity index (χ1) is 13.5. The molecule has 0 radical (unpaired) electrons. The summed E-state index contributed by atoms with van der Waals surface area (Å²) in [5, 5.41) is 28.0. The Balaban J connectivity index is 2.13. The van der Waals surface area contributed by atoms with Gasteiger partial charge in [-0.15, -0.1) is 5.10 Å². The highest BCUT2D eigenvalue weighted by Crippen LogP contribution is 2.44. The summed E-state index contributed by atoms with van der Waals surface area (Å²) in [5.41, 5.74) is 4.06. The van der Waals surface area contributed by atoms with Gasteiger partial charge in [-0.3, -0.25) is 5.41 Å². The standard InChI is InChI=1S/C15H19F3N8O2S/c16-15(17,18)10-6-5-9(7-1-3-8(4-2-7)22-14(19)20)11(12(10)29(21,27)28)13-23-25-26-24-13/h5-8H,1-4H2,(H4,19,20,22)(H2,21,27,28)(H,23,24,25,26)/t7-,8-. The average Bonchev–Trinajstić information content (AvgIpc) is 3.13. The number of H-pyrrole nitrogens is 1. The molecule has 1 aliphatic carbocycles. The van der Waals surface area contributed by atoms with E-state index in [2.05, 4.69) is 25.9 Å². The van der Waals surface area contributed by atoms with Crippen molar-refractivity contribution in [2.45, 2.75) is 48.7 Å². The lowest BCUT2D eigenvalue weighted by Crippen LogP contribution is -2.41. The third-order valence-corrected chi connectivity index (χ3v) is 5.88. The van der Waals surface area contributed by atoms with Crippen molar-refractivity contribution in [1.29, 1.82) is 5.41 Å². The number of aromatic nitrogens is 4. The van der Waals surface area contributed by atoms with E-state index in [1.165, 1.54) is 6.07 Å². The highest BCUT2D eigenvalue weighted by Gasteiger charge is 2.40. The number of benzene rings is 1. The summed E-state index contributed by atoms with van der Waals surface area (Å²) in [6.45, 7) is 0. The molecule has 29 heavy (non-hydrogen) atoms. The number of primary sulfonamides is 1. The molecule has 3 rings (SSSR count). The zero-order chi connectivity index (χ0) is 21.4. The fraction of sp³-hybridized carbons (Fsp3) is 0.467. The second-order valence-corrected chi connectivity index (χ2v) is 8.30. The number of nitrogens with zero attached hydrogens (tertiary/aromatic N) is 3. The largest absolute Gasteiger partial charge is 0.417 e. The maximum absolute atomic E-state index is 13.5. The molecule has 0 atom stereocenters. The number of halogens is 3. The quantitative estimate of drug-likeness (QED) is 0.354. The number of aromatic amines is 1. The molecule has 0 bridgehead atoms. The topological polar surface area (TPSA) is 177 Å². The normalized spacial score (nSPS) is 20.4. The van der Waals surface area contributed by atoms with E-state index in [0.717, 1.165) is 6.07 Å². The van der Waals surface area contributed by atoms with Crippen LogP contribution in [0.25, 0.3) is 11.4 Å². The highest BCUT2D eigenvalue weighted by atomic mass is 32.2. The molecular weight excluding hydrogens is 413 g/mol. The van der Waals surface area contributed by atoms with Gasteiger partial charge in [-0.05, 0) is 53.7 Å². The van der Waals surface area contributed by atoms with Gasteiger partial charge in [0.25, 0.3) is 0 Å². The number of guanidine groups is 1. The maximum Gasteiger partial charge on any atom is 0.417 e. The van der Waals surface area contributed by atoms with Crippen LogP contribution in [0, 0.1) is 5.41 Å². The molecule has 14 heteroatoms. The summed E-state index contributed by atoms with van der Waals surface area (Å²) < 4.78 is 64.9. The van der Waals surface area contributed by atoms with Gasteiger partial charge >= 0.3 is 6.18 Å². The molecule has 1 aromatic carbocycles. The SMILES string of the molecule is N=C(N)N[C@H]1CC[C@H](c2ccc(C(F)(F)F)c(S(N)(=O)=O)c2-c2nnn[nH]2)CC1. The zero-order valence-electron chi connectivity index (χ0n) is 15.0. The Morgan fingerprint density at radius 2 is 1.90 bits per heavy atom. The molecule has 0 spiro atoms. The summed E-state index contributed by atoms with van der Waals surface area (Å²) in [5.74, 6) is -0.616. The highest BCUT2D eigenvalue weighted by molar-refractivity contribution is 7.89. The van der Waals surface area contributed by atoms with Gasteiger partial charge in [0.05, 0.1) is 5.56 Å². The molecule has 10 nitrogen and oxygen atoms in total. The Bertz CT molecular complexity index is 999. The molecule has 1 saturated carbocycles.